The van der Waals surface area contributed by atoms with Gasteiger partial charge in [-0.1, -0.05) is 0 Å². The molecule has 1 radical (unpaired) electrons. The molecular formula is C8H8CoN4O4. The van der Waals surface area contributed by atoms with E-state index in [0.29, 0.717) is 0 Å². The molecule has 0 aromatic carbocycles. The largest absolute Gasteiger partial charge is 0.477 e. The van der Waals surface area contributed by atoms with Crippen molar-refractivity contribution in [2.45, 2.75) is 0 Å². The van der Waals surface area contributed by atoms with Crippen LogP contribution in [-0.2, 0) is 16.8 Å². The van der Waals surface area contributed by atoms with E-state index >= 15 is 0 Å². The Labute approximate surface area is 105 Å². The van der Waals surface area contributed by atoms with E-state index in [-0.39, 0.29) is 28.2 Å². The average molecular weight is 283 g/mol. The summed E-state index contributed by atoms with van der Waals surface area (Å²) in [5.74, 6) is -1.97. The fourth-order valence-electron chi connectivity index (χ4n) is 0.750. The van der Waals surface area contributed by atoms with E-state index in [1.165, 1.54) is 24.5 Å². The Kier molecular flexibility index (Phi) is 6.29. The van der Waals surface area contributed by atoms with Crippen LogP contribution >= 0.6 is 0 Å². The number of nitrogens with zero attached hydrogens (tertiary/aromatic N) is 2. The fraction of sp³-hybridized carbons (Fsp3) is 0. The summed E-state index contributed by atoms with van der Waals surface area (Å²) in [7, 11) is 0. The predicted molar refractivity (Wildman–Crippen MR) is 51.1 cm³/mol. The van der Waals surface area contributed by atoms with Gasteiger partial charge in [-0.05, 0) is 12.1 Å². The third kappa shape index (κ3) is 4.95. The molecule has 0 saturated heterocycles. The van der Waals surface area contributed by atoms with Gasteiger partial charge in [0, 0.05) is 29.2 Å². The van der Waals surface area contributed by atoms with Crippen LogP contribution in [0.4, 0.5) is 0 Å². The monoisotopic (exact) mass is 283 g/mol. The van der Waals surface area contributed by atoms with Crippen LogP contribution in [0.5, 0.6) is 0 Å². The maximum absolute atomic E-state index is 9.99. The molecule has 0 saturated carbocycles. The maximum atomic E-state index is 9.99. The molecule has 0 unspecified atom stereocenters. The van der Waals surface area contributed by atoms with Gasteiger partial charge in [-0.25, -0.2) is 9.59 Å². The summed E-state index contributed by atoms with van der Waals surface area (Å²) in [4.78, 5) is 20.0. The maximum Gasteiger partial charge on any atom is 0.353 e. The minimum absolute atomic E-state index is 0. The molecule has 93 valence electrons. The molecule has 0 spiro atoms. The molecule has 9 heteroatoms. The average Bonchev–Trinajstić information content (AvgIpc) is 2.93. The first-order valence-electron chi connectivity index (χ1n) is 4.06. The smallest absolute Gasteiger partial charge is 0.353 e. The van der Waals surface area contributed by atoms with Crippen LogP contribution in [0.3, 0.4) is 0 Å². The van der Waals surface area contributed by atoms with Gasteiger partial charge in [0.05, 0.1) is 0 Å². The van der Waals surface area contributed by atoms with Crippen LogP contribution in [0.1, 0.15) is 21.0 Å². The molecule has 0 amide bonds. The number of H-pyrrole nitrogens is 2. The number of aromatic nitrogens is 4. The number of carbonyl (C=O) groups is 2. The zero-order chi connectivity index (χ0) is 12.0. The minimum atomic E-state index is -0.984. The van der Waals surface area contributed by atoms with E-state index in [2.05, 4.69) is 20.4 Å². The number of hydrogen-bond donors (Lipinski definition) is 4. The number of carboxylic acid groups (broad SMARTS) is 2. The van der Waals surface area contributed by atoms with Crippen molar-refractivity contribution < 1.29 is 36.6 Å². The van der Waals surface area contributed by atoms with Crippen LogP contribution in [0.15, 0.2) is 24.5 Å². The van der Waals surface area contributed by atoms with Crippen molar-refractivity contribution in [2.24, 2.45) is 0 Å². The van der Waals surface area contributed by atoms with Crippen molar-refractivity contribution in [1.29, 1.82) is 0 Å². The summed E-state index contributed by atoms with van der Waals surface area (Å²) >= 11 is 0. The van der Waals surface area contributed by atoms with Gasteiger partial charge in [0.2, 0.25) is 0 Å². The Morgan fingerprint density at radius 2 is 1.29 bits per heavy atom. The first-order valence-corrected chi connectivity index (χ1v) is 4.06. The molecule has 4 N–H and O–H groups in total. The summed E-state index contributed by atoms with van der Waals surface area (Å²) in [5, 5.41) is 27.9. The SMILES string of the molecule is O=C(O)c1ccn[nH]1.O=C(O)c1ccn[nH]1.[Co]. The van der Waals surface area contributed by atoms with Crippen LogP contribution in [-0.4, -0.2) is 42.5 Å². The van der Waals surface area contributed by atoms with Crippen molar-refractivity contribution in [2.75, 3.05) is 0 Å². The Balaban J connectivity index is 0.000000284. The van der Waals surface area contributed by atoms with Gasteiger partial charge in [0.15, 0.2) is 0 Å². The summed E-state index contributed by atoms with van der Waals surface area (Å²) in [6.45, 7) is 0. The van der Waals surface area contributed by atoms with Crippen molar-refractivity contribution in [3.05, 3.63) is 35.9 Å². The van der Waals surface area contributed by atoms with Gasteiger partial charge in [-0.15, -0.1) is 0 Å². The van der Waals surface area contributed by atoms with Gasteiger partial charge in [0.25, 0.3) is 0 Å². The molecular weight excluding hydrogens is 275 g/mol. The normalized spacial score (nSPS) is 8.47. The third-order valence-electron chi connectivity index (χ3n) is 1.46. The first kappa shape index (κ1) is 14.9. The fourth-order valence-corrected chi connectivity index (χ4v) is 0.750. The number of carboxylic acids is 2. The van der Waals surface area contributed by atoms with Crippen molar-refractivity contribution in [3.63, 3.8) is 0 Å². The standard InChI is InChI=1S/2C4H4N2O2.Co/c2*7-4(8)3-1-2-5-6-3;/h2*1-2H,(H,5,6)(H,7,8);. The summed E-state index contributed by atoms with van der Waals surface area (Å²) < 4.78 is 0. The molecule has 17 heavy (non-hydrogen) atoms. The quantitative estimate of drug-likeness (QED) is 0.623. The molecule has 2 aromatic rings. The first-order chi connectivity index (χ1) is 7.61. The van der Waals surface area contributed by atoms with Gasteiger partial charge in [0.1, 0.15) is 11.4 Å². The van der Waals surface area contributed by atoms with E-state index in [4.69, 9.17) is 10.2 Å². The molecule has 0 aliphatic rings. The summed E-state index contributed by atoms with van der Waals surface area (Å²) in [5.41, 5.74) is 0.231. The molecule has 0 aliphatic carbocycles. The van der Waals surface area contributed by atoms with Gasteiger partial charge < -0.3 is 10.2 Å². The molecule has 0 aliphatic heterocycles. The molecule has 0 atom stereocenters. The van der Waals surface area contributed by atoms with E-state index < -0.39 is 11.9 Å². The number of aromatic amines is 2. The van der Waals surface area contributed by atoms with Crippen molar-refractivity contribution in [1.82, 2.24) is 20.4 Å². The van der Waals surface area contributed by atoms with E-state index in [1.54, 1.807) is 0 Å². The zero-order valence-corrected chi connectivity index (χ0v) is 9.29. The van der Waals surface area contributed by atoms with Crippen LogP contribution in [0.2, 0.25) is 0 Å². The molecule has 2 aromatic heterocycles. The van der Waals surface area contributed by atoms with Gasteiger partial charge >= 0.3 is 11.9 Å². The third-order valence-corrected chi connectivity index (χ3v) is 1.46. The van der Waals surface area contributed by atoms with Crippen molar-refractivity contribution >= 4 is 11.9 Å². The van der Waals surface area contributed by atoms with Crippen LogP contribution in [0, 0.1) is 0 Å². The van der Waals surface area contributed by atoms with E-state index in [1.807, 2.05) is 0 Å². The minimum Gasteiger partial charge on any atom is -0.477 e. The van der Waals surface area contributed by atoms with Gasteiger partial charge in [-0.3, -0.25) is 10.2 Å². The molecule has 2 heterocycles. The topological polar surface area (TPSA) is 132 Å². The molecule has 8 nitrogen and oxygen atoms in total. The van der Waals surface area contributed by atoms with Gasteiger partial charge in [-0.2, -0.15) is 10.2 Å². The Hall–Kier alpha value is -2.13. The van der Waals surface area contributed by atoms with Crippen molar-refractivity contribution in [3.8, 4) is 0 Å². The number of aromatic carboxylic acids is 2. The number of rotatable bonds is 2. The zero-order valence-electron chi connectivity index (χ0n) is 8.25. The predicted octanol–water partition coefficient (Wildman–Crippen LogP) is 0.213. The molecule has 0 fully saturated rings. The van der Waals surface area contributed by atoms with E-state index in [9.17, 15) is 9.59 Å². The second-order valence-electron chi connectivity index (χ2n) is 2.55. The summed E-state index contributed by atoms with van der Waals surface area (Å²) in [6.07, 6.45) is 2.78. The molecule has 0 bridgehead atoms. The van der Waals surface area contributed by atoms with Crippen LogP contribution < -0.4 is 0 Å². The summed E-state index contributed by atoms with van der Waals surface area (Å²) in [6, 6.07) is 2.78. The Morgan fingerprint density at radius 3 is 1.41 bits per heavy atom. The Bertz CT molecular complexity index is 410. The second-order valence-corrected chi connectivity index (χ2v) is 2.55. The second kappa shape index (κ2) is 7.19. The van der Waals surface area contributed by atoms with Crippen LogP contribution in [0.25, 0.3) is 0 Å². The molecule has 2 rings (SSSR count). The van der Waals surface area contributed by atoms with E-state index in [0.717, 1.165) is 0 Å². The number of nitrogens with one attached hydrogen (secondary N) is 2. The number of hydrogen-bond acceptors (Lipinski definition) is 4. The Morgan fingerprint density at radius 1 is 0.941 bits per heavy atom.